The second kappa shape index (κ2) is 3.58. The predicted molar refractivity (Wildman–Crippen MR) is 50.5 cm³/mol. The highest BCUT2D eigenvalue weighted by Crippen LogP contribution is 2.27. The molecule has 64 valence electrons. The fraction of sp³-hybridized carbons (Fsp3) is 0.125. The molecule has 0 unspecified atom stereocenters. The topological polar surface area (TPSA) is 52.3 Å². The van der Waals surface area contributed by atoms with E-state index in [0.29, 0.717) is 23.3 Å². The first-order chi connectivity index (χ1) is 5.69. The van der Waals surface area contributed by atoms with Crippen LogP contribution >= 0.6 is 15.9 Å². The Bertz CT molecular complexity index is 312. The number of rotatable bonds is 2. The molecule has 4 heteroatoms. The van der Waals surface area contributed by atoms with Gasteiger partial charge in [-0.05, 0) is 12.1 Å². The molecule has 1 aromatic carbocycles. The third-order valence-electron chi connectivity index (χ3n) is 1.48. The highest BCUT2D eigenvalue weighted by Gasteiger charge is 2.06. The number of halogens is 1. The molecule has 0 radical (unpaired) electrons. The van der Waals surface area contributed by atoms with Crippen LogP contribution in [0.3, 0.4) is 0 Å². The van der Waals surface area contributed by atoms with Crippen LogP contribution in [0.15, 0.2) is 16.6 Å². The Labute approximate surface area is 78.6 Å². The number of aldehydes is 1. The van der Waals surface area contributed by atoms with Crippen molar-refractivity contribution in [1.82, 2.24) is 0 Å². The van der Waals surface area contributed by atoms with Gasteiger partial charge in [-0.1, -0.05) is 15.9 Å². The number of anilines is 1. The fourth-order valence-electron chi connectivity index (χ4n) is 0.908. The molecular formula is C8H8BrNO2. The van der Waals surface area contributed by atoms with E-state index in [1.165, 1.54) is 7.11 Å². The van der Waals surface area contributed by atoms with E-state index in [2.05, 4.69) is 15.9 Å². The summed E-state index contributed by atoms with van der Waals surface area (Å²) in [5.41, 5.74) is 6.37. The second-order valence-corrected chi connectivity index (χ2v) is 3.14. The summed E-state index contributed by atoms with van der Waals surface area (Å²) in [4.78, 5) is 10.5. The summed E-state index contributed by atoms with van der Waals surface area (Å²) in [6, 6.07) is 3.35. The Morgan fingerprint density at radius 2 is 2.25 bits per heavy atom. The van der Waals surface area contributed by atoms with Gasteiger partial charge in [0, 0.05) is 10.2 Å². The van der Waals surface area contributed by atoms with Gasteiger partial charge in [-0.2, -0.15) is 0 Å². The lowest BCUT2D eigenvalue weighted by Gasteiger charge is -2.06. The molecule has 0 aliphatic rings. The molecule has 12 heavy (non-hydrogen) atoms. The van der Waals surface area contributed by atoms with Crippen LogP contribution in [0.25, 0.3) is 0 Å². The molecule has 0 atom stereocenters. The van der Waals surface area contributed by atoms with Crippen molar-refractivity contribution in [3.63, 3.8) is 0 Å². The zero-order valence-corrected chi connectivity index (χ0v) is 8.09. The summed E-state index contributed by atoms with van der Waals surface area (Å²) in [5, 5.41) is 0. The van der Waals surface area contributed by atoms with Gasteiger partial charge in [0.15, 0.2) is 6.29 Å². The lowest BCUT2D eigenvalue weighted by Crippen LogP contribution is -1.97. The lowest BCUT2D eigenvalue weighted by atomic mass is 10.2. The van der Waals surface area contributed by atoms with E-state index in [1.807, 2.05) is 0 Å². The van der Waals surface area contributed by atoms with Gasteiger partial charge in [0.1, 0.15) is 5.75 Å². The number of ether oxygens (including phenoxy) is 1. The van der Waals surface area contributed by atoms with Gasteiger partial charge in [-0.15, -0.1) is 0 Å². The van der Waals surface area contributed by atoms with E-state index in [9.17, 15) is 4.79 Å². The minimum absolute atomic E-state index is 0.390. The van der Waals surface area contributed by atoms with E-state index >= 15 is 0 Å². The van der Waals surface area contributed by atoms with Crippen molar-refractivity contribution in [3.05, 3.63) is 22.2 Å². The maximum absolute atomic E-state index is 10.5. The van der Waals surface area contributed by atoms with Crippen molar-refractivity contribution in [2.24, 2.45) is 0 Å². The zero-order valence-electron chi connectivity index (χ0n) is 6.50. The standard InChI is InChI=1S/C8H8BrNO2/c1-12-8-3-5(9)2-7(10)6(8)4-11/h2-4H,10H2,1H3. The maximum Gasteiger partial charge on any atom is 0.155 e. The summed E-state index contributed by atoms with van der Waals surface area (Å²) in [6.07, 6.45) is 0.681. The molecule has 1 aromatic rings. The average Bonchev–Trinajstić information content (AvgIpc) is 2.03. The van der Waals surface area contributed by atoms with Gasteiger partial charge in [-0.3, -0.25) is 4.79 Å². The van der Waals surface area contributed by atoms with Crippen molar-refractivity contribution >= 4 is 27.9 Å². The highest BCUT2D eigenvalue weighted by atomic mass is 79.9. The van der Waals surface area contributed by atoms with Crippen LogP contribution in [-0.4, -0.2) is 13.4 Å². The Morgan fingerprint density at radius 3 is 2.75 bits per heavy atom. The van der Waals surface area contributed by atoms with Gasteiger partial charge in [0.05, 0.1) is 12.7 Å². The fourth-order valence-corrected chi connectivity index (χ4v) is 1.36. The van der Waals surface area contributed by atoms with Crippen LogP contribution in [0.1, 0.15) is 10.4 Å². The van der Waals surface area contributed by atoms with Gasteiger partial charge in [-0.25, -0.2) is 0 Å². The van der Waals surface area contributed by atoms with Crippen LogP contribution in [0, 0.1) is 0 Å². The molecule has 0 aromatic heterocycles. The minimum atomic E-state index is 0.390. The molecule has 0 bridgehead atoms. The predicted octanol–water partition coefficient (Wildman–Crippen LogP) is 1.85. The number of carbonyl (C=O) groups is 1. The van der Waals surface area contributed by atoms with Gasteiger partial charge < -0.3 is 10.5 Å². The number of hydrogen-bond donors (Lipinski definition) is 1. The summed E-state index contributed by atoms with van der Waals surface area (Å²) in [5.74, 6) is 0.483. The van der Waals surface area contributed by atoms with Crippen LogP contribution in [0.4, 0.5) is 5.69 Å². The molecule has 3 nitrogen and oxygen atoms in total. The largest absolute Gasteiger partial charge is 0.496 e. The number of benzene rings is 1. The molecule has 0 amide bonds. The van der Waals surface area contributed by atoms with Crippen molar-refractivity contribution < 1.29 is 9.53 Å². The Morgan fingerprint density at radius 1 is 1.58 bits per heavy atom. The van der Waals surface area contributed by atoms with Crippen LogP contribution < -0.4 is 10.5 Å². The van der Waals surface area contributed by atoms with Crippen molar-refractivity contribution in [1.29, 1.82) is 0 Å². The Kier molecular flexibility index (Phi) is 2.70. The maximum atomic E-state index is 10.5. The van der Waals surface area contributed by atoms with E-state index in [0.717, 1.165) is 4.47 Å². The average molecular weight is 230 g/mol. The van der Waals surface area contributed by atoms with Crippen molar-refractivity contribution in [2.45, 2.75) is 0 Å². The van der Waals surface area contributed by atoms with Crippen molar-refractivity contribution in [2.75, 3.05) is 12.8 Å². The smallest absolute Gasteiger partial charge is 0.155 e. The van der Waals surface area contributed by atoms with Gasteiger partial charge in [0.2, 0.25) is 0 Å². The highest BCUT2D eigenvalue weighted by molar-refractivity contribution is 9.10. The molecule has 0 aliphatic heterocycles. The SMILES string of the molecule is COc1cc(Br)cc(N)c1C=O. The second-order valence-electron chi connectivity index (χ2n) is 2.23. The molecular weight excluding hydrogens is 222 g/mol. The summed E-state index contributed by atoms with van der Waals surface area (Å²) < 4.78 is 5.75. The molecule has 0 aliphatic carbocycles. The van der Waals surface area contributed by atoms with E-state index in [-0.39, 0.29) is 0 Å². The molecule has 0 spiro atoms. The number of carbonyl (C=O) groups excluding carboxylic acids is 1. The van der Waals surface area contributed by atoms with Gasteiger partial charge >= 0.3 is 0 Å². The van der Waals surface area contributed by atoms with E-state index in [4.69, 9.17) is 10.5 Å². The molecule has 0 saturated heterocycles. The molecule has 0 fully saturated rings. The third kappa shape index (κ3) is 1.58. The van der Waals surface area contributed by atoms with Crippen LogP contribution in [0.2, 0.25) is 0 Å². The first-order valence-corrected chi connectivity index (χ1v) is 4.06. The number of nitrogen functional groups attached to an aromatic ring is 1. The van der Waals surface area contributed by atoms with Crippen LogP contribution in [0.5, 0.6) is 5.75 Å². The third-order valence-corrected chi connectivity index (χ3v) is 1.93. The van der Waals surface area contributed by atoms with Crippen molar-refractivity contribution in [3.8, 4) is 5.75 Å². The monoisotopic (exact) mass is 229 g/mol. The van der Waals surface area contributed by atoms with E-state index < -0.39 is 0 Å². The molecule has 2 N–H and O–H groups in total. The first kappa shape index (κ1) is 9.06. The Balaban J connectivity index is 3.33. The van der Waals surface area contributed by atoms with E-state index in [1.54, 1.807) is 12.1 Å². The van der Waals surface area contributed by atoms with Crippen LogP contribution in [-0.2, 0) is 0 Å². The number of hydrogen-bond acceptors (Lipinski definition) is 3. The Hall–Kier alpha value is -1.03. The molecule has 0 heterocycles. The molecule has 1 rings (SSSR count). The quantitative estimate of drug-likeness (QED) is 0.623. The molecule has 0 saturated carbocycles. The first-order valence-electron chi connectivity index (χ1n) is 3.27. The summed E-state index contributed by atoms with van der Waals surface area (Å²) >= 11 is 3.24. The minimum Gasteiger partial charge on any atom is -0.496 e. The lowest BCUT2D eigenvalue weighted by molar-refractivity contribution is 0.112. The number of methoxy groups -OCH3 is 1. The number of nitrogens with two attached hydrogens (primary N) is 1. The normalized spacial score (nSPS) is 9.50. The van der Waals surface area contributed by atoms with Gasteiger partial charge in [0.25, 0.3) is 0 Å². The zero-order chi connectivity index (χ0) is 9.14. The summed E-state index contributed by atoms with van der Waals surface area (Å²) in [6.45, 7) is 0. The summed E-state index contributed by atoms with van der Waals surface area (Å²) in [7, 11) is 1.49.